The number of hydrogen-bond acceptors (Lipinski definition) is 3. The van der Waals surface area contributed by atoms with E-state index in [1.165, 1.54) is 32.4 Å². The van der Waals surface area contributed by atoms with Crippen molar-refractivity contribution < 1.29 is 14.5 Å². The van der Waals surface area contributed by atoms with Crippen LogP contribution in [0.15, 0.2) is 53.4 Å². The Bertz CT molecular complexity index is 880. The second kappa shape index (κ2) is 9.46. The van der Waals surface area contributed by atoms with Gasteiger partial charge < -0.3 is 15.1 Å². The zero-order valence-corrected chi connectivity index (χ0v) is 17.5. The van der Waals surface area contributed by atoms with Crippen LogP contribution in [-0.2, 0) is 11.3 Å². The number of fused-ring (bicyclic) bond motifs is 1. The van der Waals surface area contributed by atoms with Crippen LogP contribution in [0.25, 0.3) is 0 Å². The maximum atomic E-state index is 12.6. The van der Waals surface area contributed by atoms with Gasteiger partial charge in [-0.3, -0.25) is 9.59 Å². The number of thioether (sulfide) groups is 1. The molecule has 0 saturated carbocycles. The average Bonchev–Trinajstić information content (AvgIpc) is 2.77. The predicted octanol–water partition coefficient (Wildman–Crippen LogP) is 2.12. The number of likely N-dealkylation sites (tertiary alicyclic amines) is 1. The topological polar surface area (TPSA) is 53.9 Å². The highest BCUT2D eigenvalue weighted by Crippen LogP contribution is 2.35. The molecule has 0 spiro atoms. The molecule has 0 unspecified atom stereocenters. The summed E-state index contributed by atoms with van der Waals surface area (Å²) >= 11 is 1.58. The maximum absolute atomic E-state index is 12.6. The van der Waals surface area contributed by atoms with Gasteiger partial charge in [0.1, 0.15) is 0 Å². The van der Waals surface area contributed by atoms with Crippen LogP contribution in [-0.4, -0.2) is 43.7 Å². The van der Waals surface area contributed by atoms with Crippen LogP contribution < -0.4 is 15.1 Å². The summed E-state index contributed by atoms with van der Waals surface area (Å²) in [5, 5.41) is 3.06. The maximum Gasteiger partial charge on any atom is 0.251 e. The molecule has 0 bridgehead atoms. The van der Waals surface area contributed by atoms with Gasteiger partial charge in [0.25, 0.3) is 5.91 Å². The van der Waals surface area contributed by atoms with Gasteiger partial charge >= 0.3 is 0 Å². The largest absolute Gasteiger partial charge is 0.346 e. The number of rotatable bonds is 6. The predicted molar refractivity (Wildman–Crippen MR) is 117 cm³/mol. The third kappa shape index (κ3) is 5.00. The zero-order valence-electron chi connectivity index (χ0n) is 16.7. The molecule has 6 heteroatoms. The van der Waals surface area contributed by atoms with E-state index >= 15 is 0 Å². The molecule has 0 radical (unpaired) electrons. The first-order valence-electron chi connectivity index (χ1n) is 10.4. The van der Waals surface area contributed by atoms with Crippen molar-refractivity contribution in [3.63, 3.8) is 0 Å². The third-order valence-electron chi connectivity index (χ3n) is 5.66. The molecule has 2 aliphatic heterocycles. The summed E-state index contributed by atoms with van der Waals surface area (Å²) in [7, 11) is 0. The summed E-state index contributed by atoms with van der Waals surface area (Å²) in [5.41, 5.74) is 2.57. The second-order valence-electron chi connectivity index (χ2n) is 7.75. The van der Waals surface area contributed by atoms with Crippen molar-refractivity contribution in [1.29, 1.82) is 0 Å². The van der Waals surface area contributed by atoms with Gasteiger partial charge in [-0.25, -0.2) is 0 Å². The van der Waals surface area contributed by atoms with Gasteiger partial charge in [-0.1, -0.05) is 24.3 Å². The van der Waals surface area contributed by atoms with Crippen LogP contribution in [0, 0.1) is 0 Å². The van der Waals surface area contributed by atoms with Gasteiger partial charge in [0.2, 0.25) is 5.91 Å². The minimum absolute atomic E-state index is 0.0378. The molecular formula is C23H28N3O2S+. The summed E-state index contributed by atoms with van der Waals surface area (Å²) < 4.78 is 0. The standard InChI is InChI=1S/C23H27N3O2S/c27-22-17-29-21-10-3-2-9-20(21)26(22)16-18-7-6-8-19(15-18)23(28)24-11-14-25-12-4-1-5-13-25/h2-3,6-10,15H,1,4-5,11-14,16-17H2,(H,24,28)/p+1. The fourth-order valence-corrected chi connectivity index (χ4v) is 5.01. The molecule has 1 saturated heterocycles. The van der Waals surface area contributed by atoms with Crippen molar-refractivity contribution in [2.45, 2.75) is 30.7 Å². The first kappa shape index (κ1) is 20.0. The molecular weight excluding hydrogens is 382 g/mol. The van der Waals surface area contributed by atoms with E-state index in [0.717, 1.165) is 22.7 Å². The summed E-state index contributed by atoms with van der Waals surface area (Å²) in [6.45, 7) is 4.61. The smallest absolute Gasteiger partial charge is 0.251 e. The first-order valence-corrected chi connectivity index (χ1v) is 11.4. The van der Waals surface area contributed by atoms with Crippen LogP contribution in [0.5, 0.6) is 0 Å². The highest BCUT2D eigenvalue weighted by atomic mass is 32.2. The number of hydrogen-bond donors (Lipinski definition) is 2. The molecule has 4 rings (SSSR count). The molecule has 29 heavy (non-hydrogen) atoms. The summed E-state index contributed by atoms with van der Waals surface area (Å²) in [4.78, 5) is 29.6. The number of piperidine rings is 1. The van der Waals surface area contributed by atoms with Crippen LogP contribution in [0.2, 0.25) is 0 Å². The molecule has 2 amide bonds. The van der Waals surface area contributed by atoms with E-state index in [9.17, 15) is 9.59 Å². The Kier molecular flexibility index (Phi) is 6.52. The Balaban J connectivity index is 1.38. The van der Waals surface area contributed by atoms with Crippen molar-refractivity contribution in [2.24, 2.45) is 0 Å². The highest BCUT2D eigenvalue weighted by Gasteiger charge is 2.24. The Hall–Kier alpha value is -2.31. The molecule has 2 aliphatic rings. The summed E-state index contributed by atoms with van der Waals surface area (Å²) in [6, 6.07) is 15.6. The molecule has 0 aromatic heterocycles. The van der Waals surface area contributed by atoms with Crippen molar-refractivity contribution in [3.8, 4) is 0 Å². The summed E-state index contributed by atoms with van der Waals surface area (Å²) in [5.74, 6) is 0.521. The Morgan fingerprint density at radius 3 is 2.76 bits per heavy atom. The third-order valence-corrected chi connectivity index (χ3v) is 6.71. The second-order valence-corrected chi connectivity index (χ2v) is 8.77. The van der Waals surface area contributed by atoms with Crippen molar-refractivity contribution in [2.75, 3.05) is 36.8 Å². The number of nitrogens with one attached hydrogen (secondary N) is 2. The Morgan fingerprint density at radius 1 is 1.07 bits per heavy atom. The minimum Gasteiger partial charge on any atom is -0.346 e. The van der Waals surface area contributed by atoms with Crippen LogP contribution in [0.4, 0.5) is 5.69 Å². The minimum atomic E-state index is -0.0378. The number of amides is 2. The Morgan fingerprint density at radius 2 is 1.90 bits per heavy atom. The van der Waals surface area contributed by atoms with Gasteiger partial charge in [0.05, 0.1) is 44.2 Å². The van der Waals surface area contributed by atoms with Gasteiger partial charge in [-0.2, -0.15) is 0 Å². The zero-order chi connectivity index (χ0) is 20.1. The number of carbonyl (C=O) groups is 2. The quantitative estimate of drug-likeness (QED) is 0.767. The van der Waals surface area contributed by atoms with E-state index in [-0.39, 0.29) is 11.8 Å². The SMILES string of the molecule is O=C(NCC[NH+]1CCCCC1)c1cccc(CN2C(=O)CSc3ccccc32)c1. The van der Waals surface area contributed by atoms with Crippen molar-refractivity contribution in [3.05, 3.63) is 59.7 Å². The van der Waals surface area contributed by atoms with Crippen LogP contribution in [0.1, 0.15) is 35.2 Å². The molecule has 0 aliphatic carbocycles. The Labute approximate surface area is 176 Å². The van der Waals surface area contributed by atoms with Gasteiger partial charge in [0.15, 0.2) is 0 Å². The van der Waals surface area contributed by atoms with Crippen LogP contribution >= 0.6 is 11.8 Å². The molecule has 1 fully saturated rings. The normalized spacial score (nSPS) is 17.1. The fourth-order valence-electron chi connectivity index (χ4n) is 4.08. The number of nitrogens with zero attached hydrogens (tertiary/aromatic N) is 1. The average molecular weight is 411 g/mol. The van der Waals surface area contributed by atoms with Gasteiger partial charge in [-0.05, 0) is 49.1 Å². The summed E-state index contributed by atoms with van der Waals surface area (Å²) in [6.07, 6.45) is 3.93. The van der Waals surface area contributed by atoms with E-state index in [4.69, 9.17) is 0 Å². The van der Waals surface area contributed by atoms with Crippen LogP contribution in [0.3, 0.4) is 0 Å². The monoisotopic (exact) mass is 410 g/mol. The molecule has 2 aromatic rings. The lowest BCUT2D eigenvalue weighted by Gasteiger charge is -2.29. The number of anilines is 1. The van der Waals surface area contributed by atoms with E-state index in [0.29, 0.717) is 24.4 Å². The van der Waals surface area contributed by atoms with E-state index < -0.39 is 0 Å². The number of quaternary nitrogens is 1. The van der Waals surface area contributed by atoms with Gasteiger partial charge in [-0.15, -0.1) is 11.8 Å². The number of carbonyl (C=O) groups excluding carboxylic acids is 2. The van der Waals surface area contributed by atoms with Crippen molar-refractivity contribution >= 4 is 29.3 Å². The molecule has 2 heterocycles. The van der Waals surface area contributed by atoms with E-state index in [2.05, 4.69) is 5.32 Å². The molecule has 152 valence electrons. The molecule has 5 nitrogen and oxygen atoms in total. The van der Waals surface area contributed by atoms with E-state index in [1.54, 1.807) is 16.7 Å². The molecule has 2 aromatic carbocycles. The fraction of sp³-hybridized carbons (Fsp3) is 0.391. The lowest BCUT2D eigenvalue weighted by molar-refractivity contribution is -0.903. The van der Waals surface area contributed by atoms with E-state index in [1.807, 2.05) is 53.4 Å². The lowest BCUT2D eigenvalue weighted by atomic mass is 10.1. The molecule has 0 atom stereocenters. The van der Waals surface area contributed by atoms with Crippen molar-refractivity contribution in [1.82, 2.24) is 5.32 Å². The number of benzene rings is 2. The highest BCUT2D eigenvalue weighted by molar-refractivity contribution is 8.00. The van der Waals surface area contributed by atoms with Gasteiger partial charge in [0, 0.05) is 10.5 Å². The number of para-hydroxylation sites is 1. The first-order chi connectivity index (χ1) is 14.2. The lowest BCUT2D eigenvalue weighted by Crippen LogP contribution is -3.13. The molecule has 2 N–H and O–H groups in total.